The first-order valence-electron chi connectivity index (χ1n) is 8.98. The van der Waals surface area contributed by atoms with E-state index in [1.54, 1.807) is 23.9 Å². The van der Waals surface area contributed by atoms with E-state index >= 15 is 0 Å². The van der Waals surface area contributed by atoms with Crippen molar-refractivity contribution in [2.45, 2.75) is 11.8 Å². The van der Waals surface area contributed by atoms with Gasteiger partial charge in [-0.2, -0.15) is 5.10 Å². The molecule has 0 radical (unpaired) electrons. The minimum atomic E-state index is -0.0770. The Morgan fingerprint density at radius 1 is 1.11 bits per heavy atom. The van der Waals surface area contributed by atoms with Gasteiger partial charge in [0.2, 0.25) is 0 Å². The maximum atomic E-state index is 5.60. The highest BCUT2D eigenvalue weighted by atomic mass is 32.1. The number of aryl methyl sites for hydroxylation is 2. The number of hydrogen-bond donors (Lipinski definition) is 0. The van der Waals surface area contributed by atoms with E-state index in [2.05, 4.69) is 49.8 Å². The lowest BCUT2D eigenvalue weighted by molar-refractivity contribution is -0.0611. The van der Waals surface area contributed by atoms with E-state index in [1.807, 2.05) is 29.4 Å². The molecule has 0 saturated carbocycles. The Balaban J connectivity index is 1.47. The number of benzene rings is 1. The van der Waals surface area contributed by atoms with Crippen LogP contribution in [0, 0.1) is 0 Å². The van der Waals surface area contributed by atoms with Crippen LogP contribution < -0.4 is 0 Å². The monoisotopic (exact) mass is 393 g/mol. The first-order chi connectivity index (χ1) is 13.6. The molecule has 0 aliphatic carbocycles. The highest BCUT2D eigenvalue weighted by Gasteiger charge is 2.41. The van der Waals surface area contributed by atoms with Crippen molar-refractivity contribution >= 4 is 11.3 Å². The molecular weight excluding hydrogens is 374 g/mol. The van der Waals surface area contributed by atoms with Gasteiger partial charge in [-0.1, -0.05) is 29.5 Å². The molecule has 0 unspecified atom stereocenters. The Morgan fingerprint density at radius 3 is 2.64 bits per heavy atom. The second-order valence-electron chi connectivity index (χ2n) is 7.14. The molecule has 5 rings (SSSR count). The summed E-state index contributed by atoms with van der Waals surface area (Å²) in [6.45, 7) is 1.36. The second kappa shape index (κ2) is 6.61. The molecule has 0 atom stereocenters. The fraction of sp³-hybridized carbons (Fsp3) is 0.316. The van der Waals surface area contributed by atoms with Gasteiger partial charge in [0.25, 0.3) is 0 Å². The van der Waals surface area contributed by atoms with Crippen molar-refractivity contribution in [2.24, 2.45) is 14.1 Å². The maximum absolute atomic E-state index is 5.60. The second-order valence-corrected chi connectivity index (χ2v) is 8.12. The molecule has 1 fully saturated rings. The normalized spacial score (nSPS) is 15.5. The van der Waals surface area contributed by atoms with Crippen molar-refractivity contribution in [3.8, 4) is 21.3 Å². The molecule has 3 aromatic heterocycles. The van der Waals surface area contributed by atoms with Gasteiger partial charge in [0, 0.05) is 37.7 Å². The van der Waals surface area contributed by atoms with Crippen molar-refractivity contribution in [3.05, 3.63) is 54.2 Å². The van der Waals surface area contributed by atoms with Crippen molar-refractivity contribution < 1.29 is 4.74 Å². The van der Waals surface area contributed by atoms with E-state index in [0.717, 1.165) is 33.5 Å². The lowest BCUT2D eigenvalue weighted by Crippen LogP contribution is -2.49. The molecule has 28 heavy (non-hydrogen) atoms. The predicted molar refractivity (Wildman–Crippen MR) is 105 cm³/mol. The summed E-state index contributed by atoms with van der Waals surface area (Å²) in [6, 6.07) is 10.5. The largest absolute Gasteiger partial charge is 0.379 e. The quantitative estimate of drug-likeness (QED) is 0.517. The number of rotatable bonds is 5. The summed E-state index contributed by atoms with van der Waals surface area (Å²) in [5.41, 5.74) is 3.18. The van der Waals surface area contributed by atoms with Crippen LogP contribution >= 0.6 is 11.3 Å². The molecule has 0 amide bonds. The van der Waals surface area contributed by atoms with Crippen molar-refractivity contribution in [3.63, 3.8) is 0 Å². The summed E-state index contributed by atoms with van der Waals surface area (Å²) in [5, 5.41) is 23.0. The first kappa shape index (κ1) is 17.2. The molecular formula is C19H19N7OS. The lowest BCUT2D eigenvalue weighted by Gasteiger charge is -2.41. The van der Waals surface area contributed by atoms with E-state index in [9.17, 15) is 0 Å². The highest BCUT2D eigenvalue weighted by Crippen LogP contribution is 2.38. The van der Waals surface area contributed by atoms with Gasteiger partial charge < -0.3 is 9.30 Å². The van der Waals surface area contributed by atoms with E-state index in [1.165, 1.54) is 5.56 Å². The van der Waals surface area contributed by atoms with Crippen LogP contribution in [0.1, 0.15) is 11.4 Å². The smallest absolute Gasteiger partial charge is 0.166 e. The third-order valence-electron chi connectivity index (χ3n) is 5.25. The molecule has 1 aliphatic heterocycles. The predicted octanol–water partition coefficient (Wildman–Crippen LogP) is 2.24. The Labute approximate surface area is 165 Å². The molecule has 4 aromatic rings. The van der Waals surface area contributed by atoms with E-state index in [0.29, 0.717) is 13.2 Å². The molecule has 1 aliphatic rings. The molecule has 9 heteroatoms. The zero-order valence-electron chi connectivity index (χ0n) is 15.6. The zero-order valence-corrected chi connectivity index (χ0v) is 16.4. The average molecular weight is 393 g/mol. The van der Waals surface area contributed by atoms with E-state index in [-0.39, 0.29) is 5.41 Å². The van der Waals surface area contributed by atoms with Gasteiger partial charge in [-0.25, -0.2) is 0 Å². The molecule has 4 heterocycles. The molecule has 8 nitrogen and oxygen atoms in total. The van der Waals surface area contributed by atoms with Crippen molar-refractivity contribution in [2.75, 3.05) is 13.2 Å². The topological polar surface area (TPSA) is 83.5 Å². The summed E-state index contributed by atoms with van der Waals surface area (Å²) < 4.78 is 9.38. The van der Waals surface area contributed by atoms with Gasteiger partial charge in [0.15, 0.2) is 5.01 Å². The molecule has 0 spiro atoms. The van der Waals surface area contributed by atoms with Crippen LogP contribution in [0.5, 0.6) is 0 Å². The summed E-state index contributed by atoms with van der Waals surface area (Å²) in [6.07, 6.45) is 4.30. The van der Waals surface area contributed by atoms with Crippen LogP contribution in [0.15, 0.2) is 42.9 Å². The average Bonchev–Trinajstić information content (AvgIpc) is 3.40. The SMILES string of the molecule is Cn1cnnc1CC1(c2cccc(-c3nnc(-c4ccnn4C)s3)c2)COC1. The van der Waals surface area contributed by atoms with Crippen LogP contribution in [-0.4, -0.2) is 48.0 Å². The Morgan fingerprint density at radius 2 is 1.96 bits per heavy atom. The van der Waals surface area contributed by atoms with E-state index in [4.69, 9.17) is 4.74 Å². The Bertz CT molecular complexity index is 1120. The van der Waals surface area contributed by atoms with Crippen molar-refractivity contribution in [1.29, 1.82) is 0 Å². The minimum absolute atomic E-state index is 0.0770. The zero-order chi connectivity index (χ0) is 19.1. The standard InChI is InChI=1S/C19H19N7OS/c1-25-12-20-22-16(25)9-19(10-27-11-19)14-5-3-4-13(8-14)17-23-24-18(28-17)15-6-7-21-26(15)2/h3-8,12H,9-11H2,1-2H3. The van der Waals surface area contributed by atoms with Gasteiger partial charge in [-0.05, 0) is 17.7 Å². The van der Waals surface area contributed by atoms with Crippen molar-refractivity contribution in [1.82, 2.24) is 34.7 Å². The summed E-state index contributed by atoms with van der Waals surface area (Å²) in [5.74, 6) is 0.961. The summed E-state index contributed by atoms with van der Waals surface area (Å²) in [4.78, 5) is 0. The number of ether oxygens (including phenoxy) is 1. The summed E-state index contributed by atoms with van der Waals surface area (Å²) >= 11 is 1.57. The third kappa shape index (κ3) is 2.83. The van der Waals surface area contributed by atoms with Gasteiger partial charge in [-0.15, -0.1) is 20.4 Å². The van der Waals surface area contributed by atoms with Gasteiger partial charge in [-0.3, -0.25) is 4.68 Å². The highest BCUT2D eigenvalue weighted by molar-refractivity contribution is 7.17. The molecule has 1 aromatic carbocycles. The number of aromatic nitrogens is 7. The molecule has 0 N–H and O–H groups in total. The molecule has 1 saturated heterocycles. The van der Waals surface area contributed by atoms with Gasteiger partial charge in [0.05, 0.1) is 18.9 Å². The Kier molecular flexibility index (Phi) is 4.06. The first-order valence-corrected chi connectivity index (χ1v) is 9.80. The van der Waals surface area contributed by atoms with Crippen LogP contribution in [0.25, 0.3) is 21.3 Å². The van der Waals surface area contributed by atoms with Crippen LogP contribution in [-0.2, 0) is 30.7 Å². The lowest BCUT2D eigenvalue weighted by atomic mass is 9.75. The number of hydrogen-bond acceptors (Lipinski definition) is 7. The molecule has 0 bridgehead atoms. The number of nitrogens with zero attached hydrogens (tertiary/aromatic N) is 7. The fourth-order valence-corrected chi connectivity index (χ4v) is 4.39. The maximum Gasteiger partial charge on any atom is 0.166 e. The molecule has 142 valence electrons. The van der Waals surface area contributed by atoms with Gasteiger partial charge >= 0.3 is 0 Å². The van der Waals surface area contributed by atoms with E-state index < -0.39 is 0 Å². The van der Waals surface area contributed by atoms with Crippen LogP contribution in [0.3, 0.4) is 0 Å². The third-order valence-corrected chi connectivity index (χ3v) is 6.24. The fourth-order valence-electron chi connectivity index (χ4n) is 3.50. The van der Waals surface area contributed by atoms with Gasteiger partial charge in [0.1, 0.15) is 17.2 Å². The Hall–Kier alpha value is -2.91. The van der Waals surface area contributed by atoms with Crippen LogP contribution in [0.4, 0.5) is 0 Å². The van der Waals surface area contributed by atoms with Crippen LogP contribution in [0.2, 0.25) is 0 Å². The minimum Gasteiger partial charge on any atom is -0.379 e. The summed E-state index contributed by atoms with van der Waals surface area (Å²) in [7, 11) is 3.88.